The molecule has 15 heavy (non-hydrogen) atoms. The van der Waals surface area contributed by atoms with Crippen LogP contribution in [0, 0.1) is 6.92 Å². The molecule has 2 aromatic rings. The van der Waals surface area contributed by atoms with Gasteiger partial charge in [-0.25, -0.2) is 4.98 Å². The fourth-order valence-electron chi connectivity index (χ4n) is 1.28. The monoisotopic (exact) mass is 238 g/mol. The molecule has 0 aliphatic carbocycles. The molecular formula is C11H11ClN2S. The first-order chi connectivity index (χ1) is 7.24. The predicted molar refractivity (Wildman–Crippen MR) is 65.6 cm³/mol. The number of halogens is 1. The van der Waals surface area contributed by atoms with E-state index in [2.05, 4.69) is 15.7 Å². The van der Waals surface area contributed by atoms with Gasteiger partial charge in [-0.1, -0.05) is 17.7 Å². The summed E-state index contributed by atoms with van der Waals surface area (Å²) in [5, 5.41) is 7.18. The number of hydrogen-bond donors (Lipinski definition) is 1. The van der Waals surface area contributed by atoms with Gasteiger partial charge in [-0.2, -0.15) is 0 Å². The molecule has 2 rings (SSSR count). The SMILES string of the molecule is Cc1nc(CNc2cccc(Cl)c2)cs1. The van der Waals surface area contributed by atoms with E-state index >= 15 is 0 Å². The summed E-state index contributed by atoms with van der Waals surface area (Å²) in [6, 6.07) is 7.68. The number of thiazole rings is 1. The van der Waals surface area contributed by atoms with Crippen molar-refractivity contribution in [2.75, 3.05) is 5.32 Å². The molecule has 0 aliphatic rings. The highest BCUT2D eigenvalue weighted by Gasteiger charge is 1.98. The Hall–Kier alpha value is -1.06. The van der Waals surface area contributed by atoms with Gasteiger partial charge in [0.15, 0.2) is 0 Å². The zero-order valence-electron chi connectivity index (χ0n) is 8.33. The molecule has 0 spiro atoms. The van der Waals surface area contributed by atoms with Gasteiger partial charge in [-0.05, 0) is 25.1 Å². The molecule has 1 N–H and O–H groups in total. The lowest BCUT2D eigenvalue weighted by molar-refractivity contribution is 1.05. The Bertz CT molecular complexity index is 453. The third-order valence-electron chi connectivity index (χ3n) is 1.96. The minimum absolute atomic E-state index is 0.741. The Balaban J connectivity index is 1.99. The molecule has 1 aromatic carbocycles. The Kier molecular flexibility index (Phi) is 3.23. The standard InChI is InChI=1S/C11H11ClN2S/c1-8-14-11(7-15-8)6-13-10-4-2-3-9(12)5-10/h2-5,7,13H,6H2,1H3. The lowest BCUT2D eigenvalue weighted by atomic mass is 10.3. The average molecular weight is 239 g/mol. The topological polar surface area (TPSA) is 24.9 Å². The van der Waals surface area contributed by atoms with Crippen LogP contribution in [0.4, 0.5) is 5.69 Å². The van der Waals surface area contributed by atoms with E-state index in [9.17, 15) is 0 Å². The molecule has 0 atom stereocenters. The lowest BCUT2D eigenvalue weighted by Gasteiger charge is -2.04. The van der Waals surface area contributed by atoms with E-state index in [1.165, 1.54) is 0 Å². The summed E-state index contributed by atoms with van der Waals surface area (Å²) in [5.41, 5.74) is 2.09. The summed E-state index contributed by atoms with van der Waals surface area (Å²) in [6.07, 6.45) is 0. The summed E-state index contributed by atoms with van der Waals surface area (Å²) < 4.78 is 0. The fourth-order valence-corrected chi connectivity index (χ4v) is 2.08. The summed E-state index contributed by atoms with van der Waals surface area (Å²) in [6.45, 7) is 2.75. The molecule has 0 unspecified atom stereocenters. The van der Waals surface area contributed by atoms with Crippen molar-refractivity contribution in [3.05, 3.63) is 45.4 Å². The number of aromatic nitrogens is 1. The number of aryl methyl sites for hydroxylation is 1. The maximum absolute atomic E-state index is 5.88. The molecule has 0 radical (unpaired) electrons. The Morgan fingerprint density at radius 1 is 1.47 bits per heavy atom. The van der Waals surface area contributed by atoms with Crippen LogP contribution >= 0.6 is 22.9 Å². The van der Waals surface area contributed by atoms with Crippen molar-refractivity contribution in [2.24, 2.45) is 0 Å². The molecule has 0 saturated carbocycles. The molecule has 1 heterocycles. The van der Waals surface area contributed by atoms with Crippen LogP contribution in [0.5, 0.6) is 0 Å². The van der Waals surface area contributed by atoms with Crippen molar-refractivity contribution in [3.63, 3.8) is 0 Å². The predicted octanol–water partition coefficient (Wildman–Crippen LogP) is 3.72. The molecule has 0 aliphatic heterocycles. The first-order valence-electron chi connectivity index (χ1n) is 4.64. The van der Waals surface area contributed by atoms with Crippen molar-refractivity contribution in [1.29, 1.82) is 0 Å². The zero-order chi connectivity index (χ0) is 10.7. The Labute approximate surface area is 97.9 Å². The highest BCUT2D eigenvalue weighted by atomic mass is 35.5. The van der Waals surface area contributed by atoms with Crippen molar-refractivity contribution < 1.29 is 0 Å². The van der Waals surface area contributed by atoms with Crippen molar-refractivity contribution >= 4 is 28.6 Å². The van der Waals surface area contributed by atoms with Crippen LogP contribution in [0.2, 0.25) is 5.02 Å². The van der Waals surface area contributed by atoms with E-state index in [4.69, 9.17) is 11.6 Å². The van der Waals surface area contributed by atoms with Gasteiger partial charge < -0.3 is 5.32 Å². The van der Waals surface area contributed by atoms with Gasteiger partial charge in [0.1, 0.15) is 0 Å². The third-order valence-corrected chi connectivity index (χ3v) is 3.02. The van der Waals surface area contributed by atoms with E-state index in [1.54, 1.807) is 11.3 Å². The van der Waals surface area contributed by atoms with Crippen LogP contribution in [0.25, 0.3) is 0 Å². The van der Waals surface area contributed by atoms with Crippen molar-refractivity contribution in [1.82, 2.24) is 4.98 Å². The molecule has 78 valence electrons. The number of rotatable bonds is 3. The Morgan fingerprint density at radius 3 is 3.00 bits per heavy atom. The normalized spacial score (nSPS) is 10.3. The van der Waals surface area contributed by atoms with E-state index in [1.807, 2.05) is 31.2 Å². The van der Waals surface area contributed by atoms with Crippen LogP contribution in [-0.2, 0) is 6.54 Å². The third kappa shape index (κ3) is 2.94. The zero-order valence-corrected chi connectivity index (χ0v) is 9.90. The maximum atomic E-state index is 5.88. The largest absolute Gasteiger partial charge is 0.379 e. The second kappa shape index (κ2) is 4.64. The van der Waals surface area contributed by atoms with Gasteiger partial charge >= 0.3 is 0 Å². The summed E-state index contributed by atoms with van der Waals surface area (Å²) in [4.78, 5) is 4.37. The number of benzene rings is 1. The molecule has 4 heteroatoms. The molecular weight excluding hydrogens is 228 g/mol. The second-order valence-corrected chi connectivity index (χ2v) is 4.72. The average Bonchev–Trinajstić information content (AvgIpc) is 2.62. The van der Waals surface area contributed by atoms with Crippen LogP contribution in [0.3, 0.4) is 0 Å². The van der Waals surface area contributed by atoms with Gasteiger partial charge in [0.05, 0.1) is 17.2 Å². The van der Waals surface area contributed by atoms with E-state index in [0.29, 0.717) is 0 Å². The minimum Gasteiger partial charge on any atom is -0.379 e. The number of hydrogen-bond acceptors (Lipinski definition) is 3. The van der Waals surface area contributed by atoms with Crippen LogP contribution < -0.4 is 5.32 Å². The van der Waals surface area contributed by atoms with Crippen LogP contribution in [0.1, 0.15) is 10.7 Å². The van der Waals surface area contributed by atoms with Crippen molar-refractivity contribution in [3.8, 4) is 0 Å². The molecule has 0 amide bonds. The van der Waals surface area contributed by atoms with Crippen molar-refractivity contribution in [2.45, 2.75) is 13.5 Å². The number of nitrogens with one attached hydrogen (secondary N) is 1. The van der Waals surface area contributed by atoms with Crippen LogP contribution in [0.15, 0.2) is 29.6 Å². The molecule has 0 fully saturated rings. The molecule has 0 bridgehead atoms. The van der Waals surface area contributed by atoms with Crippen LogP contribution in [-0.4, -0.2) is 4.98 Å². The van der Waals surface area contributed by atoms with E-state index < -0.39 is 0 Å². The lowest BCUT2D eigenvalue weighted by Crippen LogP contribution is -1.99. The van der Waals surface area contributed by atoms with Gasteiger partial charge in [0.2, 0.25) is 0 Å². The van der Waals surface area contributed by atoms with Gasteiger partial charge in [-0.3, -0.25) is 0 Å². The quantitative estimate of drug-likeness (QED) is 0.882. The fraction of sp³-hybridized carbons (Fsp3) is 0.182. The molecule has 1 aromatic heterocycles. The number of anilines is 1. The van der Waals surface area contributed by atoms with Gasteiger partial charge in [0, 0.05) is 16.1 Å². The highest BCUT2D eigenvalue weighted by molar-refractivity contribution is 7.09. The van der Waals surface area contributed by atoms with Gasteiger partial charge in [-0.15, -0.1) is 11.3 Å². The molecule has 0 saturated heterocycles. The Morgan fingerprint density at radius 2 is 2.33 bits per heavy atom. The smallest absolute Gasteiger partial charge is 0.0898 e. The summed E-state index contributed by atoms with van der Waals surface area (Å²) >= 11 is 7.54. The first-order valence-corrected chi connectivity index (χ1v) is 5.90. The minimum atomic E-state index is 0.741. The number of nitrogens with zero attached hydrogens (tertiary/aromatic N) is 1. The second-order valence-electron chi connectivity index (χ2n) is 3.22. The summed E-state index contributed by atoms with van der Waals surface area (Å²) in [5.74, 6) is 0. The first kappa shape index (κ1) is 10.5. The summed E-state index contributed by atoms with van der Waals surface area (Å²) in [7, 11) is 0. The molecule has 2 nitrogen and oxygen atoms in total. The van der Waals surface area contributed by atoms with Gasteiger partial charge in [0.25, 0.3) is 0 Å². The van der Waals surface area contributed by atoms with E-state index in [0.717, 1.165) is 28.0 Å². The maximum Gasteiger partial charge on any atom is 0.0898 e. The highest BCUT2D eigenvalue weighted by Crippen LogP contribution is 2.16. The van der Waals surface area contributed by atoms with E-state index in [-0.39, 0.29) is 0 Å².